The molecule has 0 atom stereocenters. The van der Waals surface area contributed by atoms with Gasteiger partial charge in [-0.15, -0.1) is 12.6 Å². The summed E-state index contributed by atoms with van der Waals surface area (Å²) in [6.07, 6.45) is 0. The molecular weight excluding hydrogens is 233 g/mol. The minimum Gasteiger partial charge on any atom is -0.456 e. The molecule has 0 fully saturated rings. The standard InChI is InChI=1S/C10H8FNO3S/c1-5(13)14-4-10-12-7-2-6(11)9(16)3-8(7)15-10/h2-3,16H,4H2,1H3. The van der Waals surface area contributed by atoms with Gasteiger partial charge in [0.15, 0.2) is 12.2 Å². The van der Waals surface area contributed by atoms with Crippen molar-refractivity contribution in [2.45, 2.75) is 18.4 Å². The summed E-state index contributed by atoms with van der Waals surface area (Å²) in [5.41, 5.74) is 0.783. The number of halogens is 1. The van der Waals surface area contributed by atoms with Crippen molar-refractivity contribution < 1.29 is 18.3 Å². The van der Waals surface area contributed by atoms with Crippen LogP contribution in [-0.2, 0) is 16.1 Å². The summed E-state index contributed by atoms with van der Waals surface area (Å²) in [4.78, 5) is 14.7. The Bertz CT molecular complexity index is 513. The average molecular weight is 241 g/mol. The second-order valence-corrected chi connectivity index (χ2v) is 3.64. The number of rotatable bonds is 2. The molecule has 0 unspecified atom stereocenters. The van der Waals surface area contributed by atoms with Gasteiger partial charge in [-0.1, -0.05) is 0 Å². The van der Waals surface area contributed by atoms with E-state index in [2.05, 4.69) is 17.6 Å². The zero-order valence-electron chi connectivity index (χ0n) is 8.36. The van der Waals surface area contributed by atoms with Crippen LogP contribution in [0, 0.1) is 5.82 Å². The average Bonchev–Trinajstić information content (AvgIpc) is 2.58. The molecule has 2 rings (SSSR count). The number of ether oxygens (including phenoxy) is 1. The fourth-order valence-electron chi connectivity index (χ4n) is 1.21. The Morgan fingerprint density at radius 2 is 2.38 bits per heavy atom. The molecule has 0 bridgehead atoms. The van der Waals surface area contributed by atoms with Gasteiger partial charge in [-0.25, -0.2) is 9.37 Å². The van der Waals surface area contributed by atoms with Crippen molar-refractivity contribution >= 4 is 29.7 Å². The minimum absolute atomic E-state index is 0.0620. The number of hydrogen-bond acceptors (Lipinski definition) is 5. The lowest BCUT2D eigenvalue weighted by Crippen LogP contribution is -1.98. The molecule has 16 heavy (non-hydrogen) atoms. The Kier molecular flexibility index (Phi) is 2.82. The number of fused-ring (bicyclic) bond motifs is 1. The highest BCUT2D eigenvalue weighted by Crippen LogP contribution is 2.22. The van der Waals surface area contributed by atoms with Gasteiger partial charge in [0, 0.05) is 17.9 Å². The molecule has 0 aliphatic rings. The normalized spacial score (nSPS) is 10.7. The number of nitrogens with zero attached hydrogens (tertiary/aromatic N) is 1. The molecule has 0 radical (unpaired) electrons. The number of hydrogen-bond donors (Lipinski definition) is 1. The molecule has 1 aromatic carbocycles. The Morgan fingerprint density at radius 3 is 3.06 bits per heavy atom. The van der Waals surface area contributed by atoms with Crippen LogP contribution in [0.25, 0.3) is 11.1 Å². The first-order chi connectivity index (χ1) is 7.56. The highest BCUT2D eigenvalue weighted by Gasteiger charge is 2.10. The molecule has 0 saturated carbocycles. The van der Waals surface area contributed by atoms with Crippen LogP contribution in [0.1, 0.15) is 12.8 Å². The van der Waals surface area contributed by atoms with E-state index in [-0.39, 0.29) is 17.4 Å². The van der Waals surface area contributed by atoms with E-state index in [9.17, 15) is 9.18 Å². The second kappa shape index (κ2) is 4.13. The van der Waals surface area contributed by atoms with Crippen LogP contribution in [-0.4, -0.2) is 11.0 Å². The molecule has 1 heterocycles. The number of carbonyl (C=O) groups excluding carboxylic acids is 1. The maximum absolute atomic E-state index is 13.1. The first-order valence-corrected chi connectivity index (χ1v) is 4.92. The summed E-state index contributed by atoms with van der Waals surface area (Å²) in [6, 6.07) is 2.65. The van der Waals surface area contributed by atoms with Gasteiger partial charge < -0.3 is 9.15 Å². The third kappa shape index (κ3) is 2.16. The van der Waals surface area contributed by atoms with Crippen molar-refractivity contribution in [1.82, 2.24) is 4.98 Å². The van der Waals surface area contributed by atoms with Crippen molar-refractivity contribution in [3.05, 3.63) is 23.8 Å². The molecule has 4 nitrogen and oxygen atoms in total. The quantitative estimate of drug-likeness (QED) is 0.647. The smallest absolute Gasteiger partial charge is 0.303 e. The Labute approximate surface area is 95.8 Å². The zero-order chi connectivity index (χ0) is 11.7. The van der Waals surface area contributed by atoms with Gasteiger partial charge in [-0.05, 0) is 6.07 Å². The van der Waals surface area contributed by atoms with Crippen molar-refractivity contribution in [2.75, 3.05) is 0 Å². The summed E-state index contributed by atoms with van der Waals surface area (Å²) < 4.78 is 23.1. The van der Waals surface area contributed by atoms with Crippen LogP contribution in [0.2, 0.25) is 0 Å². The summed E-state index contributed by atoms with van der Waals surface area (Å²) in [7, 11) is 0. The largest absolute Gasteiger partial charge is 0.456 e. The van der Waals surface area contributed by atoms with E-state index < -0.39 is 11.8 Å². The molecule has 0 aliphatic heterocycles. The molecule has 0 spiro atoms. The minimum atomic E-state index is -0.469. The fourth-order valence-corrected chi connectivity index (χ4v) is 1.39. The van der Waals surface area contributed by atoms with Crippen LogP contribution >= 0.6 is 12.6 Å². The van der Waals surface area contributed by atoms with Gasteiger partial charge in [0.05, 0.1) is 0 Å². The Morgan fingerprint density at radius 1 is 1.62 bits per heavy atom. The molecule has 6 heteroatoms. The van der Waals surface area contributed by atoms with E-state index in [1.54, 1.807) is 0 Å². The molecular formula is C10H8FNO3S. The zero-order valence-corrected chi connectivity index (χ0v) is 9.25. The van der Waals surface area contributed by atoms with Crippen LogP contribution in [0.5, 0.6) is 0 Å². The van der Waals surface area contributed by atoms with E-state index in [1.807, 2.05) is 0 Å². The van der Waals surface area contributed by atoms with Crippen molar-refractivity contribution in [3.63, 3.8) is 0 Å². The lowest BCUT2D eigenvalue weighted by atomic mass is 10.3. The topological polar surface area (TPSA) is 52.3 Å². The first kappa shape index (κ1) is 10.9. The number of esters is 1. The molecule has 2 aromatic rings. The van der Waals surface area contributed by atoms with Gasteiger partial charge in [-0.2, -0.15) is 0 Å². The van der Waals surface area contributed by atoms with Crippen LogP contribution in [0.3, 0.4) is 0 Å². The highest BCUT2D eigenvalue weighted by molar-refractivity contribution is 7.80. The maximum atomic E-state index is 13.1. The maximum Gasteiger partial charge on any atom is 0.303 e. The van der Waals surface area contributed by atoms with Gasteiger partial charge in [-0.3, -0.25) is 4.79 Å². The van der Waals surface area contributed by atoms with E-state index in [0.29, 0.717) is 11.1 Å². The van der Waals surface area contributed by atoms with E-state index in [0.717, 1.165) is 0 Å². The third-order valence-corrected chi connectivity index (χ3v) is 2.24. The van der Waals surface area contributed by atoms with Crippen LogP contribution < -0.4 is 0 Å². The number of aromatic nitrogens is 1. The predicted octanol–water partition coefficient (Wildman–Crippen LogP) is 2.32. The highest BCUT2D eigenvalue weighted by atomic mass is 32.1. The van der Waals surface area contributed by atoms with Crippen molar-refractivity contribution in [3.8, 4) is 0 Å². The number of thiol groups is 1. The monoisotopic (exact) mass is 241 g/mol. The van der Waals surface area contributed by atoms with Crippen molar-refractivity contribution in [1.29, 1.82) is 0 Å². The fraction of sp³-hybridized carbons (Fsp3) is 0.200. The lowest BCUT2D eigenvalue weighted by molar-refractivity contribution is -0.142. The Hall–Kier alpha value is -1.56. The van der Waals surface area contributed by atoms with E-state index >= 15 is 0 Å². The van der Waals surface area contributed by atoms with Crippen LogP contribution in [0.4, 0.5) is 4.39 Å². The summed E-state index contributed by atoms with van der Waals surface area (Å²) in [5, 5.41) is 0. The number of carbonyl (C=O) groups is 1. The molecule has 1 aromatic heterocycles. The van der Waals surface area contributed by atoms with Gasteiger partial charge >= 0.3 is 5.97 Å². The molecule has 0 amide bonds. The lowest BCUT2D eigenvalue weighted by Gasteiger charge is -1.94. The molecule has 0 aliphatic carbocycles. The first-order valence-electron chi connectivity index (χ1n) is 4.47. The van der Waals surface area contributed by atoms with Gasteiger partial charge in [0.25, 0.3) is 0 Å². The third-order valence-electron chi connectivity index (χ3n) is 1.90. The van der Waals surface area contributed by atoms with Crippen LogP contribution in [0.15, 0.2) is 21.4 Å². The number of oxazole rings is 1. The summed E-state index contributed by atoms with van der Waals surface area (Å²) in [6.45, 7) is 1.22. The molecule has 0 N–H and O–H groups in total. The predicted molar refractivity (Wildman–Crippen MR) is 56.7 cm³/mol. The van der Waals surface area contributed by atoms with Gasteiger partial charge in [0.2, 0.25) is 5.89 Å². The Balaban J connectivity index is 2.33. The second-order valence-electron chi connectivity index (χ2n) is 3.16. The van der Waals surface area contributed by atoms with E-state index in [1.165, 1.54) is 19.1 Å². The number of benzene rings is 1. The van der Waals surface area contributed by atoms with Gasteiger partial charge in [0.1, 0.15) is 11.3 Å². The van der Waals surface area contributed by atoms with E-state index in [4.69, 9.17) is 9.15 Å². The molecule has 84 valence electrons. The SMILES string of the molecule is CC(=O)OCc1nc2cc(F)c(S)cc2o1. The van der Waals surface area contributed by atoms with Crippen molar-refractivity contribution in [2.24, 2.45) is 0 Å². The summed E-state index contributed by atoms with van der Waals surface area (Å²) in [5.74, 6) is -0.671. The molecule has 0 saturated heterocycles. The summed E-state index contributed by atoms with van der Waals surface area (Å²) >= 11 is 3.92.